The Bertz CT molecular complexity index is 3310. The Morgan fingerprint density at radius 3 is 1.29 bits per heavy atom. The van der Waals surface area contributed by atoms with E-state index in [1.807, 2.05) is 60.7 Å². The van der Waals surface area contributed by atoms with E-state index in [9.17, 15) is 0 Å². The zero-order valence-electron chi connectivity index (χ0n) is 31.7. The van der Waals surface area contributed by atoms with Gasteiger partial charge >= 0.3 is 0 Å². The number of para-hydroxylation sites is 2. The van der Waals surface area contributed by atoms with Gasteiger partial charge in [0.05, 0.1) is 11.0 Å². The van der Waals surface area contributed by atoms with Crippen molar-refractivity contribution in [2.45, 2.75) is 0 Å². The van der Waals surface area contributed by atoms with E-state index in [-0.39, 0.29) is 0 Å². The van der Waals surface area contributed by atoms with Crippen LogP contribution in [-0.4, -0.2) is 24.9 Å². The summed E-state index contributed by atoms with van der Waals surface area (Å²) in [4.78, 5) is 24.5. The summed E-state index contributed by atoms with van der Waals surface area (Å²) in [5.74, 6) is 1.88. The quantitative estimate of drug-likeness (QED) is 0.161. The Kier molecular flexibility index (Phi) is 8.37. The Morgan fingerprint density at radius 1 is 0.271 bits per heavy atom. The molecule has 0 aliphatic heterocycles. The van der Waals surface area contributed by atoms with E-state index < -0.39 is 0 Å². The normalized spacial score (nSPS) is 11.4. The third-order valence-electron chi connectivity index (χ3n) is 10.8. The van der Waals surface area contributed by atoms with Gasteiger partial charge in [-0.1, -0.05) is 164 Å². The zero-order chi connectivity index (χ0) is 39.1. The van der Waals surface area contributed by atoms with Gasteiger partial charge in [-0.25, -0.2) is 24.9 Å². The Morgan fingerprint density at radius 2 is 0.661 bits per heavy atom. The fourth-order valence-electron chi connectivity index (χ4n) is 7.68. The van der Waals surface area contributed by atoms with Crippen molar-refractivity contribution in [1.29, 1.82) is 0 Å². The average molecular weight is 756 g/mol. The van der Waals surface area contributed by atoms with Gasteiger partial charge < -0.3 is 4.42 Å². The molecule has 3 heterocycles. The summed E-state index contributed by atoms with van der Waals surface area (Å²) in [6, 6.07) is 68.8. The molecule has 0 N–H and O–H groups in total. The van der Waals surface area contributed by atoms with Gasteiger partial charge in [-0.15, -0.1) is 0 Å². The molecule has 0 unspecified atom stereocenters. The van der Waals surface area contributed by atoms with E-state index in [2.05, 4.69) is 140 Å². The topological polar surface area (TPSA) is 77.6 Å². The molecule has 6 heteroatoms. The lowest BCUT2D eigenvalue weighted by atomic mass is 9.96. The molecule has 3 aromatic heterocycles. The monoisotopic (exact) mass is 755 g/mol. The second-order valence-corrected chi connectivity index (χ2v) is 14.5. The lowest BCUT2D eigenvalue weighted by Crippen LogP contribution is -2.00. The molecule has 0 saturated carbocycles. The van der Waals surface area contributed by atoms with Crippen molar-refractivity contribution in [3.05, 3.63) is 200 Å². The van der Waals surface area contributed by atoms with Gasteiger partial charge in [-0.3, -0.25) is 0 Å². The predicted octanol–water partition coefficient (Wildman–Crippen LogP) is 13.4. The summed E-state index contributed by atoms with van der Waals surface area (Å²) in [6.45, 7) is 0. The molecule has 0 saturated heterocycles. The first kappa shape index (κ1) is 34.2. The first-order valence-electron chi connectivity index (χ1n) is 19.6. The number of aromatic nitrogens is 5. The zero-order valence-corrected chi connectivity index (χ0v) is 31.7. The van der Waals surface area contributed by atoms with Crippen LogP contribution in [0.15, 0.2) is 205 Å². The fourth-order valence-corrected chi connectivity index (χ4v) is 7.68. The number of hydrogen-bond donors (Lipinski definition) is 0. The van der Waals surface area contributed by atoms with Gasteiger partial charge in [-0.05, 0) is 80.9 Å². The van der Waals surface area contributed by atoms with E-state index >= 15 is 0 Å². The Labute approximate surface area is 340 Å². The first-order chi connectivity index (χ1) is 29.2. The maximum absolute atomic E-state index is 6.19. The van der Waals surface area contributed by atoms with Crippen LogP contribution in [-0.2, 0) is 0 Å². The molecule has 11 rings (SSSR count). The third-order valence-corrected chi connectivity index (χ3v) is 10.8. The van der Waals surface area contributed by atoms with Crippen LogP contribution in [0, 0.1) is 0 Å². The highest BCUT2D eigenvalue weighted by molar-refractivity contribution is 6.04. The molecule has 0 fully saturated rings. The molecule has 0 spiro atoms. The number of nitrogens with zero attached hydrogens (tertiary/aromatic N) is 5. The highest BCUT2D eigenvalue weighted by Gasteiger charge is 2.15. The van der Waals surface area contributed by atoms with Gasteiger partial charge in [0.1, 0.15) is 11.1 Å². The Balaban J connectivity index is 0.894. The van der Waals surface area contributed by atoms with Gasteiger partial charge in [0.2, 0.25) is 5.71 Å². The number of hydrogen-bond acceptors (Lipinski definition) is 6. The van der Waals surface area contributed by atoms with Gasteiger partial charge in [0.15, 0.2) is 17.5 Å². The summed E-state index contributed by atoms with van der Waals surface area (Å²) in [5, 5.41) is 0.959. The molecule has 0 aliphatic carbocycles. The summed E-state index contributed by atoms with van der Waals surface area (Å²) >= 11 is 0. The predicted molar refractivity (Wildman–Crippen MR) is 238 cm³/mol. The molecule has 6 nitrogen and oxygen atoms in total. The minimum atomic E-state index is 0.552. The maximum Gasteiger partial charge on any atom is 0.246 e. The lowest BCUT2D eigenvalue weighted by molar-refractivity contribution is 0.655. The van der Waals surface area contributed by atoms with Crippen molar-refractivity contribution in [3.8, 4) is 78.7 Å². The highest BCUT2D eigenvalue weighted by Crippen LogP contribution is 2.35. The largest absolute Gasteiger partial charge is 0.436 e. The average Bonchev–Trinajstić information content (AvgIpc) is 3.68. The molecule has 0 amide bonds. The van der Waals surface area contributed by atoms with E-state index in [0.29, 0.717) is 23.2 Å². The van der Waals surface area contributed by atoms with Crippen LogP contribution >= 0.6 is 0 Å². The summed E-state index contributed by atoms with van der Waals surface area (Å²) < 4.78 is 6.19. The number of fused-ring (bicyclic) bond motifs is 4. The van der Waals surface area contributed by atoms with Crippen molar-refractivity contribution < 1.29 is 4.42 Å². The Hall–Kier alpha value is -8.09. The van der Waals surface area contributed by atoms with Crippen LogP contribution in [0.2, 0.25) is 0 Å². The fraction of sp³-hybridized carbons (Fsp3) is 0. The molecule has 0 atom stereocenters. The standard InChI is InChI=1S/C53H33N5O/c1-3-11-34(12-4-1)35-25-27-39(28-26-35)51-56-50(38-13-5-2-6-14-38)57-52(58-51)44-18-10-17-42(32-44)41-16-9-15-40(31-41)36-21-23-37(24-22-36)43-29-30-45-48(33-43)59-53-49(45)54-46-19-7-8-20-47(46)55-53/h1-33H. The highest BCUT2D eigenvalue weighted by atomic mass is 16.3. The number of furan rings is 1. The molecule has 0 radical (unpaired) electrons. The van der Waals surface area contributed by atoms with Crippen molar-refractivity contribution in [1.82, 2.24) is 24.9 Å². The van der Waals surface area contributed by atoms with Crippen molar-refractivity contribution in [3.63, 3.8) is 0 Å². The molecule has 0 aliphatic rings. The third kappa shape index (κ3) is 6.58. The maximum atomic E-state index is 6.19. The minimum absolute atomic E-state index is 0.552. The van der Waals surface area contributed by atoms with E-state index in [0.717, 1.165) is 83.2 Å². The molecule has 59 heavy (non-hydrogen) atoms. The SMILES string of the molecule is c1ccc(-c2ccc(-c3nc(-c4ccccc4)nc(-c4cccc(-c5cccc(-c6ccc(-c7ccc8c(c7)oc7nc9ccccc9nc78)cc6)c5)c4)n3)cc2)cc1. The number of rotatable bonds is 7. The van der Waals surface area contributed by atoms with Gasteiger partial charge in [0.25, 0.3) is 0 Å². The smallest absolute Gasteiger partial charge is 0.246 e. The van der Waals surface area contributed by atoms with Crippen LogP contribution in [0.25, 0.3) is 112 Å². The van der Waals surface area contributed by atoms with E-state index in [1.165, 1.54) is 5.56 Å². The molecule has 276 valence electrons. The first-order valence-corrected chi connectivity index (χ1v) is 19.6. The molecule has 8 aromatic carbocycles. The number of benzene rings is 8. The molecular formula is C53H33N5O. The van der Waals surface area contributed by atoms with Crippen LogP contribution in [0.5, 0.6) is 0 Å². The molecule has 11 aromatic rings. The van der Waals surface area contributed by atoms with Gasteiger partial charge in [0, 0.05) is 22.1 Å². The van der Waals surface area contributed by atoms with Crippen molar-refractivity contribution in [2.75, 3.05) is 0 Å². The summed E-state index contributed by atoms with van der Waals surface area (Å²) in [7, 11) is 0. The molecular weight excluding hydrogens is 723 g/mol. The summed E-state index contributed by atoms with van der Waals surface area (Å²) in [5.41, 5.74) is 15.5. The van der Waals surface area contributed by atoms with Crippen LogP contribution < -0.4 is 0 Å². The minimum Gasteiger partial charge on any atom is -0.436 e. The lowest BCUT2D eigenvalue weighted by Gasteiger charge is -2.11. The van der Waals surface area contributed by atoms with Crippen molar-refractivity contribution in [2.24, 2.45) is 0 Å². The van der Waals surface area contributed by atoms with Crippen LogP contribution in [0.1, 0.15) is 0 Å². The van der Waals surface area contributed by atoms with E-state index in [1.54, 1.807) is 0 Å². The second kappa shape index (κ2) is 14.4. The van der Waals surface area contributed by atoms with E-state index in [4.69, 9.17) is 29.3 Å². The van der Waals surface area contributed by atoms with Crippen molar-refractivity contribution >= 4 is 33.2 Å². The summed E-state index contributed by atoms with van der Waals surface area (Å²) in [6.07, 6.45) is 0. The van der Waals surface area contributed by atoms with Gasteiger partial charge in [-0.2, -0.15) is 0 Å². The van der Waals surface area contributed by atoms with Crippen LogP contribution in [0.4, 0.5) is 0 Å². The van der Waals surface area contributed by atoms with Crippen LogP contribution in [0.3, 0.4) is 0 Å². The second-order valence-electron chi connectivity index (χ2n) is 14.5. The molecule has 0 bridgehead atoms.